The van der Waals surface area contributed by atoms with Crippen LogP contribution in [0.5, 0.6) is 0 Å². The molecule has 0 aliphatic heterocycles. The van der Waals surface area contributed by atoms with Gasteiger partial charge in [0, 0.05) is 39.3 Å². The number of rotatable bonds is 6. The molecule has 6 atom stereocenters. The molecule has 0 amide bonds. The van der Waals surface area contributed by atoms with Crippen molar-refractivity contribution in [2.24, 2.45) is 29.1 Å². The molecule has 286 valence electrons. The molecule has 0 saturated heterocycles. The molecule has 60 heavy (non-hydrogen) atoms. The first-order valence-corrected chi connectivity index (χ1v) is 22.0. The summed E-state index contributed by atoms with van der Waals surface area (Å²) in [4.78, 5) is 2.49. The quantitative estimate of drug-likeness (QED) is 0.167. The minimum absolute atomic E-state index is 0.103. The van der Waals surface area contributed by atoms with Crippen LogP contribution in [-0.4, -0.2) is 0 Å². The molecule has 4 saturated carbocycles. The molecule has 14 rings (SSSR count). The van der Waals surface area contributed by atoms with Crippen LogP contribution in [0, 0.1) is 29.1 Å². The number of anilines is 3. The van der Waals surface area contributed by atoms with Crippen molar-refractivity contribution in [1.29, 1.82) is 0 Å². The summed E-state index contributed by atoms with van der Waals surface area (Å²) >= 11 is 0. The highest BCUT2D eigenvalue weighted by Gasteiger charge is 2.84. The molecule has 6 unspecified atom stereocenters. The summed E-state index contributed by atoms with van der Waals surface area (Å²) < 4.78 is 6.59. The molecule has 1 aromatic heterocycles. The zero-order valence-electron chi connectivity index (χ0n) is 33.4. The summed E-state index contributed by atoms with van der Waals surface area (Å²) in [7, 11) is 0. The molecule has 8 aromatic carbocycles. The highest BCUT2D eigenvalue weighted by atomic mass is 16.3. The zero-order valence-corrected chi connectivity index (χ0v) is 33.4. The van der Waals surface area contributed by atoms with Crippen molar-refractivity contribution in [3.63, 3.8) is 0 Å². The van der Waals surface area contributed by atoms with E-state index in [4.69, 9.17) is 4.42 Å². The Morgan fingerprint density at radius 3 is 1.83 bits per heavy atom. The highest BCUT2D eigenvalue weighted by molar-refractivity contribution is 6.06. The maximum atomic E-state index is 6.59. The van der Waals surface area contributed by atoms with Gasteiger partial charge < -0.3 is 9.32 Å². The Morgan fingerprint density at radius 1 is 0.433 bits per heavy atom. The first-order chi connectivity index (χ1) is 29.7. The highest BCUT2D eigenvalue weighted by Crippen LogP contribution is 2.89. The molecule has 9 aromatic rings. The van der Waals surface area contributed by atoms with Crippen LogP contribution in [0.25, 0.3) is 66.4 Å². The van der Waals surface area contributed by atoms with E-state index in [2.05, 4.69) is 193 Å². The molecule has 1 heterocycles. The van der Waals surface area contributed by atoms with Crippen LogP contribution in [0.2, 0.25) is 0 Å². The Kier molecular flexibility index (Phi) is 6.63. The standard InChI is InChI=1S/C58H43NO/c1-4-13-37(14-5-1)40-29-41(38-15-6-2-7-16-38)31-45(30-40)59(44-23-25-48-47-19-10-11-22-52(47)60-53(48)34-44)43-24-26-50-49(33-43)56-46(39-17-8-3-9-18-39)20-12-21-51(56)58(50)54-28-36-27-42-32-55(58)57(42,54)35-36/h1-26,29-31,33-34,36,42,54-55H,27-28,32,35H2. The van der Waals surface area contributed by atoms with Crippen molar-refractivity contribution in [3.05, 3.63) is 199 Å². The lowest BCUT2D eigenvalue weighted by atomic mass is 9.27. The minimum atomic E-state index is 0.103. The van der Waals surface area contributed by atoms with E-state index >= 15 is 0 Å². The van der Waals surface area contributed by atoms with Gasteiger partial charge in [0.15, 0.2) is 0 Å². The first kappa shape index (κ1) is 33.2. The van der Waals surface area contributed by atoms with E-state index < -0.39 is 0 Å². The Morgan fingerprint density at radius 2 is 1.08 bits per heavy atom. The fourth-order valence-corrected chi connectivity index (χ4v) is 14.0. The first-order valence-electron chi connectivity index (χ1n) is 22.0. The monoisotopic (exact) mass is 769 g/mol. The lowest BCUT2D eigenvalue weighted by Crippen LogP contribution is -2.73. The Balaban J connectivity index is 1.03. The van der Waals surface area contributed by atoms with Gasteiger partial charge in [-0.2, -0.15) is 0 Å². The Hall–Kier alpha value is -6.64. The molecule has 0 N–H and O–H groups in total. The number of hydrogen-bond acceptors (Lipinski definition) is 2. The normalized spacial score (nSPS) is 24.9. The molecule has 2 nitrogen and oxygen atoms in total. The molecule has 2 bridgehead atoms. The molecular formula is C58H43NO. The van der Waals surface area contributed by atoms with Gasteiger partial charge in [-0.1, -0.05) is 133 Å². The fourth-order valence-electron chi connectivity index (χ4n) is 14.0. The lowest BCUT2D eigenvalue weighted by molar-refractivity contribution is -0.231. The Labute approximate surface area is 350 Å². The summed E-state index contributed by atoms with van der Waals surface area (Å²) in [5, 5.41) is 2.28. The number of benzene rings is 8. The van der Waals surface area contributed by atoms with Crippen LogP contribution in [0.1, 0.15) is 36.8 Å². The predicted octanol–water partition coefficient (Wildman–Crippen LogP) is 15.4. The van der Waals surface area contributed by atoms with Gasteiger partial charge in [0.25, 0.3) is 0 Å². The predicted molar refractivity (Wildman–Crippen MR) is 246 cm³/mol. The van der Waals surface area contributed by atoms with E-state index in [-0.39, 0.29) is 5.41 Å². The number of hydrogen-bond donors (Lipinski definition) is 0. The second-order valence-electron chi connectivity index (χ2n) is 18.5. The fraction of sp³-hybridized carbons (Fsp3) is 0.172. The number of fused-ring (bicyclic) bond motifs is 11. The number of para-hydroxylation sites is 1. The van der Waals surface area contributed by atoms with E-state index in [1.54, 1.807) is 11.1 Å². The van der Waals surface area contributed by atoms with Crippen molar-refractivity contribution in [2.45, 2.75) is 31.1 Å². The van der Waals surface area contributed by atoms with Crippen molar-refractivity contribution in [1.82, 2.24) is 0 Å². The SMILES string of the molecule is c1ccc(-c2cc(-c3ccccc3)cc(N(c3ccc4c(c3)-c3c(-c5ccccc5)cccc3C43C4CC5CC6CC3C64C5)c3ccc4c(c3)oc3ccccc34)c2)cc1. The van der Waals surface area contributed by atoms with Gasteiger partial charge >= 0.3 is 0 Å². The van der Waals surface area contributed by atoms with Gasteiger partial charge in [0.05, 0.1) is 0 Å². The molecule has 2 spiro atoms. The van der Waals surface area contributed by atoms with Crippen LogP contribution in [0.4, 0.5) is 17.1 Å². The van der Waals surface area contributed by atoms with E-state index in [1.807, 2.05) is 0 Å². The number of furan rings is 1. The van der Waals surface area contributed by atoms with Crippen LogP contribution in [0.3, 0.4) is 0 Å². The largest absolute Gasteiger partial charge is 0.456 e. The second-order valence-corrected chi connectivity index (χ2v) is 18.5. The third-order valence-electron chi connectivity index (χ3n) is 16.1. The van der Waals surface area contributed by atoms with Crippen LogP contribution in [0.15, 0.2) is 192 Å². The van der Waals surface area contributed by atoms with E-state index in [1.165, 1.54) is 70.2 Å². The van der Waals surface area contributed by atoms with Crippen molar-refractivity contribution in [3.8, 4) is 44.5 Å². The summed E-state index contributed by atoms with van der Waals surface area (Å²) in [5.41, 5.74) is 19.3. The molecule has 5 aliphatic carbocycles. The van der Waals surface area contributed by atoms with Crippen LogP contribution >= 0.6 is 0 Å². The summed E-state index contributed by atoms with van der Waals surface area (Å²) in [6, 6.07) is 69.9. The molecule has 0 radical (unpaired) electrons. The van der Waals surface area contributed by atoms with Crippen LogP contribution in [-0.2, 0) is 5.41 Å². The summed E-state index contributed by atoms with van der Waals surface area (Å²) in [6.45, 7) is 0. The maximum Gasteiger partial charge on any atom is 0.137 e. The average molecular weight is 770 g/mol. The third kappa shape index (κ3) is 4.24. The van der Waals surface area contributed by atoms with Crippen molar-refractivity contribution in [2.75, 3.05) is 4.90 Å². The van der Waals surface area contributed by atoms with Gasteiger partial charge in [-0.3, -0.25) is 0 Å². The van der Waals surface area contributed by atoms with E-state index in [0.717, 1.165) is 62.7 Å². The topological polar surface area (TPSA) is 16.4 Å². The molecule has 5 aliphatic rings. The van der Waals surface area contributed by atoms with Crippen molar-refractivity contribution >= 4 is 39.0 Å². The maximum absolute atomic E-state index is 6.59. The van der Waals surface area contributed by atoms with E-state index in [0.29, 0.717) is 5.41 Å². The molecule has 2 heteroatoms. The van der Waals surface area contributed by atoms with Crippen LogP contribution < -0.4 is 4.90 Å². The minimum Gasteiger partial charge on any atom is -0.456 e. The smallest absolute Gasteiger partial charge is 0.137 e. The zero-order chi connectivity index (χ0) is 39.2. The third-order valence-corrected chi connectivity index (χ3v) is 16.1. The molecular weight excluding hydrogens is 727 g/mol. The van der Waals surface area contributed by atoms with E-state index in [9.17, 15) is 0 Å². The average Bonchev–Trinajstić information content (AvgIpc) is 4.04. The van der Waals surface area contributed by atoms with Gasteiger partial charge in [-0.05, 0) is 159 Å². The Bertz CT molecular complexity index is 3140. The summed E-state index contributed by atoms with van der Waals surface area (Å²) in [5.74, 6) is 3.34. The second kappa shape index (κ2) is 12.0. The number of nitrogens with zero attached hydrogens (tertiary/aromatic N) is 1. The van der Waals surface area contributed by atoms with Gasteiger partial charge in [-0.25, -0.2) is 0 Å². The van der Waals surface area contributed by atoms with Crippen molar-refractivity contribution < 1.29 is 4.42 Å². The van der Waals surface area contributed by atoms with Gasteiger partial charge in [0.2, 0.25) is 0 Å². The summed E-state index contributed by atoms with van der Waals surface area (Å²) in [6.07, 6.45) is 5.72. The molecule has 4 fully saturated rings. The van der Waals surface area contributed by atoms with Gasteiger partial charge in [0.1, 0.15) is 11.2 Å². The lowest BCUT2D eigenvalue weighted by Gasteiger charge is -2.76. The van der Waals surface area contributed by atoms with Gasteiger partial charge in [-0.15, -0.1) is 0 Å².